The van der Waals surface area contributed by atoms with Crippen LogP contribution in [0.5, 0.6) is 0 Å². The largest absolute Gasteiger partial charge is 0.336 e. The van der Waals surface area contributed by atoms with Gasteiger partial charge in [-0.05, 0) is 49.5 Å². The Morgan fingerprint density at radius 3 is 1.77 bits per heavy atom. The van der Waals surface area contributed by atoms with Gasteiger partial charge in [-0.2, -0.15) is 10.5 Å². The quantitative estimate of drug-likeness (QED) is 0.459. The van der Waals surface area contributed by atoms with E-state index in [0.717, 1.165) is 24.2 Å². The van der Waals surface area contributed by atoms with Crippen LogP contribution in [0.25, 0.3) is 33.5 Å². The lowest BCUT2D eigenvalue weighted by atomic mass is 10.0. The summed E-state index contributed by atoms with van der Waals surface area (Å²) in [6.07, 6.45) is 0. The van der Waals surface area contributed by atoms with Crippen LogP contribution in [0.15, 0.2) is 66.7 Å². The predicted octanol–water partition coefficient (Wildman–Crippen LogP) is 4.09. The third kappa shape index (κ3) is 4.46. The van der Waals surface area contributed by atoms with Gasteiger partial charge < -0.3 is 9.80 Å². The summed E-state index contributed by atoms with van der Waals surface area (Å²) in [7, 11) is 2.06. The lowest BCUT2D eigenvalue weighted by molar-refractivity contribution is 0.0664. The maximum atomic E-state index is 13.1. The summed E-state index contributed by atoms with van der Waals surface area (Å²) in [5, 5.41) is 18.3. The number of carbonyl (C=O) groups excluding carboxylic acids is 1. The second kappa shape index (κ2) is 9.34. The van der Waals surface area contributed by atoms with Crippen LogP contribution in [0.1, 0.15) is 21.5 Å². The number of fused-ring (bicyclic) bond motifs is 1. The Hall–Kier alpha value is -4.59. The van der Waals surface area contributed by atoms with Crippen molar-refractivity contribution in [2.24, 2.45) is 0 Å². The molecule has 5 rings (SSSR count). The highest BCUT2D eigenvalue weighted by molar-refractivity contribution is 5.98. The number of nitriles is 2. The summed E-state index contributed by atoms with van der Waals surface area (Å²) in [6.45, 7) is 3.12. The first-order valence-electron chi connectivity index (χ1n) is 11.4. The van der Waals surface area contributed by atoms with Crippen LogP contribution in [0.2, 0.25) is 0 Å². The van der Waals surface area contributed by atoms with Gasteiger partial charge in [0.25, 0.3) is 5.91 Å². The van der Waals surface area contributed by atoms with Crippen molar-refractivity contribution in [1.29, 1.82) is 10.5 Å². The molecule has 170 valence electrons. The minimum atomic E-state index is -0.00195. The lowest BCUT2D eigenvalue weighted by Crippen LogP contribution is -2.47. The Morgan fingerprint density at radius 1 is 0.743 bits per heavy atom. The minimum Gasteiger partial charge on any atom is -0.336 e. The molecule has 0 aliphatic carbocycles. The van der Waals surface area contributed by atoms with Gasteiger partial charge in [0, 0.05) is 42.9 Å². The standard InChI is InChI=1S/C28H22N6O/c1-33-12-14-34(15-13-33)28(35)23-10-11-24-25(16-23)32-27(22-8-4-20(18-30)5-9-22)26(31-24)21-6-2-19(17-29)3-7-21/h2-11,16H,12-15H2,1H3. The first-order valence-corrected chi connectivity index (χ1v) is 11.4. The molecule has 7 heteroatoms. The number of hydrogen-bond donors (Lipinski definition) is 0. The number of nitrogens with zero attached hydrogens (tertiary/aromatic N) is 6. The molecule has 1 aliphatic heterocycles. The number of benzene rings is 3. The molecule has 0 radical (unpaired) electrons. The summed E-state index contributed by atoms with van der Waals surface area (Å²) in [6, 6.07) is 24.1. The molecule has 2 heterocycles. The average molecular weight is 459 g/mol. The Labute approximate surface area is 203 Å². The number of carbonyl (C=O) groups is 1. The van der Waals surface area contributed by atoms with Gasteiger partial charge in [-0.15, -0.1) is 0 Å². The van der Waals surface area contributed by atoms with Crippen molar-refractivity contribution < 1.29 is 4.79 Å². The van der Waals surface area contributed by atoms with Gasteiger partial charge in [0.1, 0.15) is 0 Å². The van der Waals surface area contributed by atoms with Crippen LogP contribution < -0.4 is 0 Å². The summed E-state index contributed by atoms with van der Waals surface area (Å²) in [4.78, 5) is 27.0. The molecule has 4 aromatic rings. The summed E-state index contributed by atoms with van der Waals surface area (Å²) >= 11 is 0. The molecule has 0 atom stereocenters. The van der Waals surface area contributed by atoms with E-state index in [-0.39, 0.29) is 5.91 Å². The zero-order valence-electron chi connectivity index (χ0n) is 19.3. The Morgan fingerprint density at radius 2 is 1.26 bits per heavy atom. The molecule has 1 aliphatic rings. The fourth-order valence-corrected chi connectivity index (χ4v) is 4.19. The summed E-state index contributed by atoms with van der Waals surface area (Å²) in [5.74, 6) is -0.00195. The third-order valence-corrected chi connectivity index (χ3v) is 6.28. The molecule has 0 bridgehead atoms. The summed E-state index contributed by atoms with van der Waals surface area (Å²) in [5.41, 5.74) is 5.98. The molecule has 0 spiro atoms. The molecule has 1 aromatic heterocycles. The molecular formula is C28H22N6O. The van der Waals surface area contributed by atoms with Crippen LogP contribution in [0, 0.1) is 22.7 Å². The van der Waals surface area contributed by atoms with Crippen molar-refractivity contribution in [3.63, 3.8) is 0 Å². The van der Waals surface area contributed by atoms with Gasteiger partial charge in [0.15, 0.2) is 0 Å². The highest BCUT2D eigenvalue weighted by Gasteiger charge is 2.21. The topological polar surface area (TPSA) is 96.9 Å². The lowest BCUT2D eigenvalue weighted by Gasteiger charge is -2.32. The molecule has 7 nitrogen and oxygen atoms in total. The van der Waals surface area contributed by atoms with Gasteiger partial charge in [-0.3, -0.25) is 4.79 Å². The molecule has 3 aromatic carbocycles. The first kappa shape index (κ1) is 22.2. The molecule has 1 saturated heterocycles. The van der Waals surface area contributed by atoms with Crippen molar-refractivity contribution in [1.82, 2.24) is 19.8 Å². The number of amides is 1. The van der Waals surface area contributed by atoms with Crippen LogP contribution in [0.3, 0.4) is 0 Å². The van der Waals surface area contributed by atoms with E-state index >= 15 is 0 Å². The fourth-order valence-electron chi connectivity index (χ4n) is 4.19. The third-order valence-electron chi connectivity index (χ3n) is 6.28. The molecular weight excluding hydrogens is 436 g/mol. The van der Waals surface area contributed by atoms with Gasteiger partial charge in [-0.25, -0.2) is 9.97 Å². The van der Waals surface area contributed by atoms with E-state index < -0.39 is 0 Å². The van der Waals surface area contributed by atoms with Gasteiger partial charge >= 0.3 is 0 Å². The Balaban J connectivity index is 1.61. The monoisotopic (exact) mass is 458 g/mol. The van der Waals surface area contributed by atoms with Gasteiger partial charge in [0.2, 0.25) is 0 Å². The maximum absolute atomic E-state index is 13.1. The van der Waals surface area contributed by atoms with Crippen LogP contribution >= 0.6 is 0 Å². The van der Waals surface area contributed by atoms with Crippen molar-refractivity contribution in [3.8, 4) is 34.7 Å². The SMILES string of the molecule is CN1CCN(C(=O)c2ccc3nc(-c4ccc(C#N)cc4)c(-c4ccc(C#N)cc4)nc3c2)CC1. The first-order chi connectivity index (χ1) is 17.1. The highest BCUT2D eigenvalue weighted by atomic mass is 16.2. The van der Waals surface area contributed by atoms with E-state index in [9.17, 15) is 10.1 Å². The van der Waals surface area contributed by atoms with Crippen LogP contribution in [0.4, 0.5) is 0 Å². The normalized spacial score (nSPS) is 13.9. The van der Waals surface area contributed by atoms with E-state index in [4.69, 9.17) is 15.2 Å². The van der Waals surface area contributed by atoms with E-state index in [0.29, 0.717) is 52.2 Å². The number of piperazine rings is 1. The molecule has 0 unspecified atom stereocenters. The van der Waals surface area contributed by atoms with Crippen LogP contribution in [-0.2, 0) is 0 Å². The average Bonchev–Trinajstić information content (AvgIpc) is 2.92. The molecule has 0 saturated carbocycles. The number of likely N-dealkylation sites (N-methyl/N-ethyl adjacent to an activating group) is 1. The van der Waals surface area contributed by atoms with E-state index in [1.54, 1.807) is 30.3 Å². The van der Waals surface area contributed by atoms with Crippen molar-refractivity contribution in [2.45, 2.75) is 0 Å². The Bertz CT molecular complexity index is 1490. The van der Waals surface area contributed by atoms with Crippen LogP contribution in [-0.4, -0.2) is 58.9 Å². The highest BCUT2D eigenvalue weighted by Crippen LogP contribution is 2.31. The Kier molecular flexibility index (Phi) is 5.93. The zero-order chi connectivity index (χ0) is 24.4. The minimum absolute atomic E-state index is 0.00195. The molecule has 0 N–H and O–H groups in total. The summed E-state index contributed by atoms with van der Waals surface area (Å²) < 4.78 is 0. The molecule has 1 fully saturated rings. The van der Waals surface area contributed by atoms with E-state index in [1.165, 1.54) is 0 Å². The smallest absolute Gasteiger partial charge is 0.254 e. The number of rotatable bonds is 3. The molecule has 35 heavy (non-hydrogen) atoms. The number of hydrogen-bond acceptors (Lipinski definition) is 6. The van der Waals surface area contributed by atoms with Crippen molar-refractivity contribution in [2.75, 3.05) is 33.2 Å². The second-order valence-electron chi connectivity index (χ2n) is 8.60. The second-order valence-corrected chi connectivity index (χ2v) is 8.60. The number of aromatic nitrogens is 2. The van der Waals surface area contributed by atoms with E-state index in [2.05, 4.69) is 24.1 Å². The van der Waals surface area contributed by atoms with E-state index in [1.807, 2.05) is 41.3 Å². The van der Waals surface area contributed by atoms with Gasteiger partial charge in [-0.1, -0.05) is 24.3 Å². The zero-order valence-corrected chi connectivity index (χ0v) is 19.3. The predicted molar refractivity (Wildman–Crippen MR) is 133 cm³/mol. The fraction of sp³-hybridized carbons (Fsp3) is 0.179. The molecule has 1 amide bonds. The van der Waals surface area contributed by atoms with Crippen molar-refractivity contribution in [3.05, 3.63) is 83.4 Å². The maximum Gasteiger partial charge on any atom is 0.254 e. The van der Waals surface area contributed by atoms with Gasteiger partial charge in [0.05, 0.1) is 45.7 Å². The van der Waals surface area contributed by atoms with Crippen molar-refractivity contribution >= 4 is 16.9 Å².